The number of nitrogens with zero attached hydrogens (tertiary/aromatic N) is 1. The van der Waals surface area contributed by atoms with Gasteiger partial charge in [0.25, 0.3) is 15.0 Å². The second-order valence-corrected chi connectivity index (χ2v) is 7.77. The van der Waals surface area contributed by atoms with Gasteiger partial charge < -0.3 is 10.2 Å². The van der Waals surface area contributed by atoms with E-state index in [9.17, 15) is 13.2 Å². The molecule has 0 bridgehead atoms. The van der Waals surface area contributed by atoms with Gasteiger partial charge >= 0.3 is 0 Å². The predicted octanol–water partition coefficient (Wildman–Crippen LogP) is 2.46. The molecule has 0 aliphatic rings. The maximum absolute atomic E-state index is 12.1. The van der Waals surface area contributed by atoms with Gasteiger partial charge in [0, 0.05) is 36.9 Å². The molecule has 1 unspecified atom stereocenters. The lowest BCUT2D eigenvalue weighted by molar-refractivity contribution is 0.0947. The molecule has 5 nitrogen and oxygen atoms in total. The molecule has 0 spiro atoms. The Morgan fingerprint density at radius 3 is 2.48 bits per heavy atom. The summed E-state index contributed by atoms with van der Waals surface area (Å²) < 4.78 is 23.3. The number of carbonyl (C=O) groups excluding carboxylic acids is 1. The number of hydrogen-bond donors (Lipinski definition) is 1. The summed E-state index contributed by atoms with van der Waals surface area (Å²) >= 11 is 0. The Morgan fingerprint density at radius 2 is 2.00 bits per heavy atom. The molecular formula is C14H21ClN2O3S. The number of amides is 1. The van der Waals surface area contributed by atoms with Gasteiger partial charge in [0.2, 0.25) is 0 Å². The summed E-state index contributed by atoms with van der Waals surface area (Å²) in [6.45, 7) is 4.62. The average Bonchev–Trinajstić information content (AvgIpc) is 2.42. The third-order valence-electron chi connectivity index (χ3n) is 3.27. The molecule has 1 amide bonds. The van der Waals surface area contributed by atoms with E-state index >= 15 is 0 Å². The van der Waals surface area contributed by atoms with E-state index in [0.29, 0.717) is 18.2 Å². The highest BCUT2D eigenvalue weighted by Gasteiger charge is 2.19. The van der Waals surface area contributed by atoms with Crippen LogP contribution in [0.3, 0.4) is 0 Å². The van der Waals surface area contributed by atoms with E-state index < -0.39 is 9.05 Å². The lowest BCUT2D eigenvalue weighted by Gasteiger charge is -2.17. The molecule has 118 valence electrons. The lowest BCUT2D eigenvalue weighted by atomic mass is 10.1. The van der Waals surface area contributed by atoms with Crippen LogP contribution in [0.1, 0.15) is 30.6 Å². The minimum Gasteiger partial charge on any atom is -0.377 e. The topological polar surface area (TPSA) is 66.5 Å². The second-order valence-electron chi connectivity index (χ2n) is 5.24. The van der Waals surface area contributed by atoms with E-state index in [1.165, 1.54) is 6.07 Å². The van der Waals surface area contributed by atoms with Crippen LogP contribution in [0.5, 0.6) is 0 Å². The highest BCUT2D eigenvalue weighted by atomic mass is 35.7. The van der Waals surface area contributed by atoms with Gasteiger partial charge in [0.05, 0.1) is 5.69 Å². The SMILES string of the molecule is CCC(C)CNC(=O)c1ccc(N(C)C)c(S(=O)(=O)Cl)c1. The zero-order chi connectivity index (χ0) is 16.2. The van der Waals surface area contributed by atoms with Crippen LogP contribution in [0.25, 0.3) is 0 Å². The predicted molar refractivity (Wildman–Crippen MR) is 85.6 cm³/mol. The first-order valence-corrected chi connectivity index (χ1v) is 9.02. The van der Waals surface area contributed by atoms with Gasteiger partial charge in [-0.1, -0.05) is 20.3 Å². The molecule has 0 saturated carbocycles. The van der Waals surface area contributed by atoms with Crippen molar-refractivity contribution in [3.8, 4) is 0 Å². The zero-order valence-electron chi connectivity index (χ0n) is 12.7. The van der Waals surface area contributed by atoms with Crippen molar-refractivity contribution in [3.63, 3.8) is 0 Å². The standard InChI is InChI=1S/C14H21ClN2O3S/c1-5-10(2)9-16-14(18)11-6-7-12(17(3)4)13(8-11)21(15,19)20/h6-8,10H,5,9H2,1-4H3,(H,16,18). The molecule has 21 heavy (non-hydrogen) atoms. The largest absolute Gasteiger partial charge is 0.377 e. The highest BCUT2D eigenvalue weighted by Crippen LogP contribution is 2.27. The normalized spacial score (nSPS) is 12.8. The van der Waals surface area contributed by atoms with E-state index in [1.807, 2.05) is 13.8 Å². The number of anilines is 1. The number of benzene rings is 1. The molecule has 0 fully saturated rings. The minimum atomic E-state index is -3.92. The van der Waals surface area contributed by atoms with Crippen LogP contribution >= 0.6 is 10.7 Å². The quantitative estimate of drug-likeness (QED) is 0.813. The average molecular weight is 333 g/mol. The molecule has 0 saturated heterocycles. The zero-order valence-corrected chi connectivity index (χ0v) is 14.3. The molecule has 0 radical (unpaired) electrons. The van der Waals surface area contributed by atoms with Gasteiger partial charge in [0.15, 0.2) is 0 Å². The van der Waals surface area contributed by atoms with Gasteiger partial charge in [-0.3, -0.25) is 4.79 Å². The van der Waals surface area contributed by atoms with Crippen LogP contribution in [0.15, 0.2) is 23.1 Å². The molecule has 0 aliphatic heterocycles. The van der Waals surface area contributed by atoms with Gasteiger partial charge in [0.1, 0.15) is 4.90 Å². The van der Waals surface area contributed by atoms with E-state index in [1.54, 1.807) is 31.1 Å². The fourth-order valence-corrected chi connectivity index (χ4v) is 2.87. The van der Waals surface area contributed by atoms with Crippen LogP contribution in [0.2, 0.25) is 0 Å². The van der Waals surface area contributed by atoms with E-state index in [-0.39, 0.29) is 16.4 Å². The summed E-state index contributed by atoms with van der Waals surface area (Å²) in [7, 11) is 4.95. The van der Waals surface area contributed by atoms with Crippen molar-refractivity contribution in [2.45, 2.75) is 25.2 Å². The maximum Gasteiger partial charge on any atom is 0.263 e. The first kappa shape index (κ1) is 17.8. The Kier molecular flexibility index (Phi) is 6.04. The Labute approximate surface area is 130 Å². The van der Waals surface area contributed by atoms with Crippen molar-refractivity contribution in [3.05, 3.63) is 23.8 Å². The fourth-order valence-electron chi connectivity index (χ4n) is 1.73. The van der Waals surface area contributed by atoms with Crippen molar-refractivity contribution >= 4 is 31.3 Å². The summed E-state index contributed by atoms with van der Waals surface area (Å²) in [6.07, 6.45) is 0.959. The van der Waals surface area contributed by atoms with Crippen molar-refractivity contribution in [2.75, 3.05) is 25.5 Å². The molecule has 7 heteroatoms. The van der Waals surface area contributed by atoms with Crippen molar-refractivity contribution < 1.29 is 13.2 Å². The van der Waals surface area contributed by atoms with Gasteiger partial charge in [-0.25, -0.2) is 8.42 Å². The summed E-state index contributed by atoms with van der Waals surface area (Å²) in [4.78, 5) is 13.6. The highest BCUT2D eigenvalue weighted by molar-refractivity contribution is 8.13. The summed E-state index contributed by atoms with van der Waals surface area (Å²) in [5.41, 5.74) is 0.728. The third kappa shape index (κ3) is 4.89. The first-order valence-electron chi connectivity index (χ1n) is 6.71. The number of rotatable bonds is 6. The second kappa shape index (κ2) is 7.13. The Morgan fingerprint density at radius 1 is 1.38 bits per heavy atom. The Bertz CT molecular complexity index is 615. The molecule has 1 aromatic rings. The molecule has 1 aromatic carbocycles. The van der Waals surface area contributed by atoms with Crippen LogP contribution in [0, 0.1) is 5.92 Å². The molecule has 0 heterocycles. The summed E-state index contributed by atoms with van der Waals surface area (Å²) in [5.74, 6) is 0.0633. The molecule has 1 N–H and O–H groups in total. The Hall–Kier alpha value is -1.27. The number of hydrogen-bond acceptors (Lipinski definition) is 4. The number of nitrogens with one attached hydrogen (secondary N) is 1. The number of carbonyl (C=O) groups is 1. The van der Waals surface area contributed by atoms with E-state index in [0.717, 1.165) is 6.42 Å². The molecule has 1 atom stereocenters. The van der Waals surface area contributed by atoms with Crippen LogP contribution < -0.4 is 10.2 Å². The fraction of sp³-hybridized carbons (Fsp3) is 0.500. The van der Waals surface area contributed by atoms with Crippen molar-refractivity contribution in [2.24, 2.45) is 5.92 Å². The van der Waals surface area contributed by atoms with E-state index in [2.05, 4.69) is 5.32 Å². The van der Waals surface area contributed by atoms with Gasteiger partial charge in [-0.2, -0.15) is 0 Å². The van der Waals surface area contributed by atoms with Crippen LogP contribution in [0.4, 0.5) is 5.69 Å². The van der Waals surface area contributed by atoms with E-state index in [4.69, 9.17) is 10.7 Å². The molecule has 0 aromatic heterocycles. The first-order chi connectivity index (χ1) is 9.66. The monoisotopic (exact) mass is 332 g/mol. The maximum atomic E-state index is 12.1. The molecule has 0 aliphatic carbocycles. The van der Waals surface area contributed by atoms with Gasteiger partial charge in [-0.05, 0) is 24.1 Å². The summed E-state index contributed by atoms with van der Waals surface area (Å²) in [6, 6.07) is 4.48. The Balaban J connectivity index is 3.09. The molecular weight excluding hydrogens is 312 g/mol. The molecule has 1 rings (SSSR count). The third-order valence-corrected chi connectivity index (χ3v) is 4.63. The van der Waals surface area contributed by atoms with Gasteiger partial charge in [-0.15, -0.1) is 0 Å². The number of halogens is 1. The lowest BCUT2D eigenvalue weighted by Crippen LogP contribution is -2.28. The van der Waals surface area contributed by atoms with Crippen molar-refractivity contribution in [1.29, 1.82) is 0 Å². The van der Waals surface area contributed by atoms with Crippen LogP contribution in [-0.2, 0) is 9.05 Å². The summed E-state index contributed by atoms with van der Waals surface area (Å²) in [5, 5.41) is 2.79. The van der Waals surface area contributed by atoms with Crippen LogP contribution in [-0.4, -0.2) is 35.0 Å². The smallest absolute Gasteiger partial charge is 0.263 e. The minimum absolute atomic E-state index is 0.0645. The van der Waals surface area contributed by atoms with Crippen molar-refractivity contribution in [1.82, 2.24) is 5.32 Å².